The fraction of sp³-hybridized carbons (Fsp3) is 0.556. The van der Waals surface area contributed by atoms with Crippen molar-refractivity contribution in [3.8, 4) is 10.8 Å². The molecule has 2 aromatic rings. The third-order valence-corrected chi connectivity index (χ3v) is 6.78. The van der Waals surface area contributed by atoms with Crippen molar-refractivity contribution in [1.29, 1.82) is 0 Å². The fourth-order valence-electron chi connectivity index (χ4n) is 4.80. The molecule has 5 rings (SSSR count). The van der Waals surface area contributed by atoms with Crippen LogP contribution in [0.1, 0.15) is 18.7 Å². The Hall–Kier alpha value is -2.01. The average molecular weight is 440 g/mol. The summed E-state index contributed by atoms with van der Waals surface area (Å²) in [5, 5.41) is 8.71. The van der Waals surface area contributed by atoms with Crippen molar-refractivity contribution in [1.82, 2.24) is 20.4 Å². The van der Waals surface area contributed by atoms with Gasteiger partial charge in [0.25, 0.3) is 5.89 Å². The number of nitrogens with zero attached hydrogens (tertiary/aromatic N) is 3. The number of fused-ring (bicyclic) bond motifs is 1. The number of likely N-dealkylation sites (tertiary alicyclic amines) is 1. The standard InChI is InChI=1S/C18H21N5O4S.ClH/c19-5-6-23-9-18-4-3-10(26-18)13(14(18)17(23)25)15(24)20-8-12-21-16(27-22-12)11-2-1-7-28-11;/h1-2,7,10,13-14H,3-6,8-9,19H2,(H,20,24);1H/t10-,13-,14+,18-;/m0./s1. The summed E-state index contributed by atoms with van der Waals surface area (Å²) in [7, 11) is 0. The number of halogens is 1. The van der Waals surface area contributed by atoms with E-state index in [0.29, 0.717) is 31.3 Å². The topological polar surface area (TPSA) is 124 Å². The molecular weight excluding hydrogens is 418 g/mol. The van der Waals surface area contributed by atoms with Crippen LogP contribution in [0.5, 0.6) is 0 Å². The third-order valence-electron chi connectivity index (χ3n) is 5.92. The zero-order valence-corrected chi connectivity index (χ0v) is 17.2. The highest BCUT2D eigenvalue weighted by Crippen LogP contribution is 2.55. The van der Waals surface area contributed by atoms with Crippen LogP contribution in [0, 0.1) is 11.8 Å². The van der Waals surface area contributed by atoms with E-state index in [1.807, 2.05) is 17.5 Å². The van der Waals surface area contributed by atoms with Crippen molar-refractivity contribution < 1.29 is 18.8 Å². The summed E-state index contributed by atoms with van der Waals surface area (Å²) in [6.07, 6.45) is 1.40. The summed E-state index contributed by atoms with van der Waals surface area (Å²) in [6, 6.07) is 3.80. The highest BCUT2D eigenvalue weighted by atomic mass is 35.5. The van der Waals surface area contributed by atoms with Crippen LogP contribution in [0.3, 0.4) is 0 Å². The molecule has 2 bridgehead atoms. The van der Waals surface area contributed by atoms with Crippen LogP contribution in [0.4, 0.5) is 0 Å². The Morgan fingerprint density at radius 1 is 1.48 bits per heavy atom. The second-order valence-electron chi connectivity index (χ2n) is 7.52. The Balaban J connectivity index is 0.00000205. The molecule has 3 N–H and O–H groups in total. The van der Waals surface area contributed by atoms with Crippen molar-refractivity contribution >= 4 is 35.6 Å². The van der Waals surface area contributed by atoms with Crippen LogP contribution >= 0.6 is 23.7 Å². The molecule has 1 spiro atoms. The first-order chi connectivity index (χ1) is 13.6. The second kappa shape index (κ2) is 7.67. The number of hydrogen-bond acceptors (Lipinski definition) is 8. The largest absolute Gasteiger partial charge is 0.368 e. The Kier molecular flexibility index (Phi) is 5.36. The smallest absolute Gasteiger partial charge is 0.268 e. The van der Waals surface area contributed by atoms with Crippen molar-refractivity contribution in [2.24, 2.45) is 17.6 Å². The molecule has 156 valence electrons. The Labute approximate surface area is 177 Å². The van der Waals surface area contributed by atoms with E-state index in [9.17, 15) is 9.59 Å². The molecule has 3 aliphatic heterocycles. The average Bonchev–Trinajstić information content (AvgIpc) is 3.48. The zero-order valence-electron chi connectivity index (χ0n) is 15.6. The molecule has 0 aliphatic carbocycles. The van der Waals surface area contributed by atoms with Crippen molar-refractivity contribution in [3.05, 3.63) is 23.3 Å². The van der Waals surface area contributed by atoms with Gasteiger partial charge in [-0.25, -0.2) is 0 Å². The Bertz CT molecular complexity index is 906. The maximum Gasteiger partial charge on any atom is 0.268 e. The lowest BCUT2D eigenvalue weighted by atomic mass is 9.73. The quantitative estimate of drug-likeness (QED) is 0.682. The lowest BCUT2D eigenvalue weighted by Crippen LogP contribution is -2.45. The fourth-order valence-corrected chi connectivity index (χ4v) is 5.44. The molecule has 0 radical (unpaired) electrons. The number of thiophene rings is 1. The molecule has 29 heavy (non-hydrogen) atoms. The number of nitrogens with two attached hydrogens (primary N) is 1. The highest BCUT2D eigenvalue weighted by molar-refractivity contribution is 7.13. The molecule has 2 amide bonds. The molecule has 4 atom stereocenters. The Morgan fingerprint density at radius 3 is 3.10 bits per heavy atom. The van der Waals surface area contributed by atoms with Crippen LogP contribution in [0.15, 0.2) is 22.0 Å². The molecule has 11 heteroatoms. The summed E-state index contributed by atoms with van der Waals surface area (Å²) in [4.78, 5) is 32.7. The summed E-state index contributed by atoms with van der Waals surface area (Å²) >= 11 is 1.51. The van der Waals surface area contributed by atoms with Gasteiger partial charge in [0, 0.05) is 13.1 Å². The van der Waals surface area contributed by atoms with E-state index in [0.717, 1.165) is 17.7 Å². The van der Waals surface area contributed by atoms with Gasteiger partial charge in [0.2, 0.25) is 11.8 Å². The van der Waals surface area contributed by atoms with Crippen LogP contribution < -0.4 is 11.1 Å². The number of ether oxygens (including phenoxy) is 1. The van der Waals surface area contributed by atoms with Gasteiger partial charge >= 0.3 is 0 Å². The first-order valence-electron chi connectivity index (χ1n) is 9.42. The molecule has 3 aliphatic rings. The van der Waals surface area contributed by atoms with E-state index in [2.05, 4.69) is 15.5 Å². The lowest BCUT2D eigenvalue weighted by Gasteiger charge is -2.26. The summed E-state index contributed by atoms with van der Waals surface area (Å²) in [6.45, 7) is 1.58. The van der Waals surface area contributed by atoms with E-state index in [1.54, 1.807) is 4.90 Å². The molecule has 3 fully saturated rings. The highest BCUT2D eigenvalue weighted by Gasteiger charge is 2.68. The molecule has 5 heterocycles. The molecule has 0 unspecified atom stereocenters. The SMILES string of the molecule is Cl.NCCN1C[C@]23CC[C@H](O2)[C@H](C(=O)NCc2noc(-c4cccs4)n2)[C@@H]3C1=O. The summed E-state index contributed by atoms with van der Waals surface area (Å²) in [5.41, 5.74) is 5.09. The van der Waals surface area contributed by atoms with Gasteiger partial charge in [-0.15, -0.1) is 23.7 Å². The predicted octanol–water partition coefficient (Wildman–Crippen LogP) is 0.801. The maximum atomic E-state index is 12.9. The number of rotatable bonds is 6. The minimum atomic E-state index is -0.530. The third kappa shape index (κ3) is 3.24. The van der Waals surface area contributed by atoms with Crippen molar-refractivity contribution in [2.45, 2.75) is 31.1 Å². The Morgan fingerprint density at radius 2 is 2.34 bits per heavy atom. The van der Waals surface area contributed by atoms with Crippen LogP contribution in [-0.2, 0) is 20.9 Å². The van der Waals surface area contributed by atoms with E-state index < -0.39 is 17.4 Å². The van der Waals surface area contributed by atoms with Gasteiger partial charge in [-0.1, -0.05) is 11.2 Å². The molecular formula is C18H22ClN5O4S. The molecule has 2 aromatic heterocycles. The van der Waals surface area contributed by atoms with Crippen LogP contribution in [-0.4, -0.2) is 58.2 Å². The summed E-state index contributed by atoms with van der Waals surface area (Å²) < 4.78 is 11.4. The van der Waals surface area contributed by atoms with Crippen LogP contribution in [0.25, 0.3) is 10.8 Å². The maximum absolute atomic E-state index is 12.9. The van der Waals surface area contributed by atoms with Gasteiger partial charge < -0.3 is 25.2 Å². The van der Waals surface area contributed by atoms with Crippen LogP contribution in [0.2, 0.25) is 0 Å². The van der Waals surface area contributed by atoms with Crippen molar-refractivity contribution in [2.75, 3.05) is 19.6 Å². The first kappa shape index (κ1) is 20.3. The van der Waals surface area contributed by atoms with Gasteiger partial charge in [0.15, 0.2) is 5.82 Å². The molecule has 0 saturated carbocycles. The number of nitrogens with one attached hydrogen (secondary N) is 1. The summed E-state index contributed by atoms with van der Waals surface area (Å²) in [5.74, 6) is -0.283. The molecule has 9 nitrogen and oxygen atoms in total. The van der Waals surface area contributed by atoms with Crippen molar-refractivity contribution in [3.63, 3.8) is 0 Å². The number of hydrogen-bond donors (Lipinski definition) is 2. The lowest BCUT2D eigenvalue weighted by molar-refractivity contribution is -0.138. The van der Waals surface area contributed by atoms with Gasteiger partial charge in [0.05, 0.1) is 41.5 Å². The van der Waals surface area contributed by atoms with E-state index in [-0.39, 0.29) is 36.9 Å². The number of carbonyl (C=O) groups is 2. The van der Waals surface area contributed by atoms with E-state index >= 15 is 0 Å². The zero-order chi connectivity index (χ0) is 19.3. The first-order valence-corrected chi connectivity index (χ1v) is 10.3. The van der Waals surface area contributed by atoms with Gasteiger partial charge in [0.1, 0.15) is 0 Å². The normalized spacial score (nSPS) is 29.8. The predicted molar refractivity (Wildman–Crippen MR) is 106 cm³/mol. The molecule has 3 saturated heterocycles. The van der Waals surface area contributed by atoms with Gasteiger partial charge in [-0.05, 0) is 24.3 Å². The van der Waals surface area contributed by atoms with E-state index in [1.165, 1.54) is 11.3 Å². The second-order valence-corrected chi connectivity index (χ2v) is 8.47. The van der Waals surface area contributed by atoms with Gasteiger partial charge in [-0.3, -0.25) is 9.59 Å². The minimum Gasteiger partial charge on any atom is -0.368 e. The monoisotopic (exact) mass is 439 g/mol. The minimum absolute atomic E-state index is 0. The number of carbonyl (C=O) groups excluding carboxylic acids is 2. The number of amides is 2. The van der Waals surface area contributed by atoms with E-state index in [4.69, 9.17) is 15.0 Å². The van der Waals surface area contributed by atoms with Gasteiger partial charge in [-0.2, -0.15) is 4.98 Å². The number of aromatic nitrogens is 2. The molecule has 0 aromatic carbocycles.